The van der Waals surface area contributed by atoms with Gasteiger partial charge in [0.15, 0.2) is 0 Å². The number of anilines is 1. The molecule has 2 rings (SSSR count). The van der Waals surface area contributed by atoms with Crippen LogP contribution in [0, 0.1) is 6.92 Å². The van der Waals surface area contributed by atoms with Crippen LogP contribution in [0.15, 0.2) is 30.6 Å². The van der Waals surface area contributed by atoms with E-state index in [0.29, 0.717) is 17.8 Å². The van der Waals surface area contributed by atoms with Gasteiger partial charge in [0.2, 0.25) is 0 Å². The quantitative estimate of drug-likeness (QED) is 0.811. The van der Waals surface area contributed by atoms with Crippen molar-refractivity contribution in [1.29, 1.82) is 0 Å². The van der Waals surface area contributed by atoms with Gasteiger partial charge in [0, 0.05) is 31.0 Å². The number of benzene rings is 1. The highest BCUT2D eigenvalue weighted by molar-refractivity contribution is 5.95. The van der Waals surface area contributed by atoms with Gasteiger partial charge in [-0.1, -0.05) is 0 Å². The minimum atomic E-state index is -0.0979. The Morgan fingerprint density at radius 3 is 2.84 bits per heavy atom. The van der Waals surface area contributed by atoms with Crippen LogP contribution in [-0.4, -0.2) is 22.2 Å². The highest BCUT2D eigenvalue weighted by Gasteiger charge is 2.06. The van der Waals surface area contributed by atoms with Crippen molar-refractivity contribution in [2.24, 2.45) is 7.05 Å². The molecule has 1 aromatic carbocycles. The van der Waals surface area contributed by atoms with Gasteiger partial charge in [0.25, 0.3) is 5.91 Å². The summed E-state index contributed by atoms with van der Waals surface area (Å²) in [5.41, 5.74) is 9.03. The van der Waals surface area contributed by atoms with Crippen LogP contribution >= 0.6 is 0 Å². The molecule has 2 aromatic rings. The van der Waals surface area contributed by atoms with Gasteiger partial charge < -0.3 is 11.1 Å². The molecule has 0 spiro atoms. The minimum absolute atomic E-state index is 0.0979. The summed E-state index contributed by atoms with van der Waals surface area (Å²) in [6, 6.07) is 5.36. The average Bonchev–Trinajstić information content (AvgIpc) is 2.73. The highest BCUT2D eigenvalue weighted by atomic mass is 16.1. The second-order valence-electron chi connectivity index (χ2n) is 4.66. The van der Waals surface area contributed by atoms with E-state index in [2.05, 4.69) is 10.4 Å². The largest absolute Gasteiger partial charge is 0.399 e. The van der Waals surface area contributed by atoms with Crippen LogP contribution in [0.3, 0.4) is 0 Å². The molecule has 1 amide bonds. The number of aromatic nitrogens is 2. The number of carbonyl (C=O) groups excluding carboxylic acids is 1. The van der Waals surface area contributed by atoms with Crippen molar-refractivity contribution < 1.29 is 4.79 Å². The Balaban J connectivity index is 1.90. The molecule has 0 aliphatic carbocycles. The van der Waals surface area contributed by atoms with Crippen molar-refractivity contribution in [3.8, 4) is 0 Å². The van der Waals surface area contributed by atoms with Gasteiger partial charge in [0.1, 0.15) is 0 Å². The van der Waals surface area contributed by atoms with Crippen LogP contribution in [0.4, 0.5) is 5.69 Å². The summed E-state index contributed by atoms with van der Waals surface area (Å²) in [6.45, 7) is 2.50. The standard InChI is InChI=1S/C14H18N4O/c1-10-5-12(7-13(15)6-10)14(19)16-4-3-11-8-17-18(2)9-11/h5-9H,3-4,15H2,1-2H3,(H,16,19). The molecule has 0 aliphatic heterocycles. The maximum atomic E-state index is 12.0. The summed E-state index contributed by atoms with van der Waals surface area (Å²) in [5, 5.41) is 6.96. The van der Waals surface area contributed by atoms with Gasteiger partial charge in [0.05, 0.1) is 6.20 Å². The van der Waals surface area contributed by atoms with Crippen molar-refractivity contribution in [3.63, 3.8) is 0 Å². The average molecular weight is 258 g/mol. The molecule has 3 N–H and O–H groups in total. The number of nitrogens with one attached hydrogen (secondary N) is 1. The Morgan fingerprint density at radius 1 is 1.42 bits per heavy atom. The summed E-state index contributed by atoms with van der Waals surface area (Å²) in [5.74, 6) is -0.0979. The van der Waals surface area contributed by atoms with E-state index in [-0.39, 0.29) is 5.91 Å². The van der Waals surface area contributed by atoms with Crippen molar-refractivity contribution in [1.82, 2.24) is 15.1 Å². The minimum Gasteiger partial charge on any atom is -0.399 e. The molecule has 0 bridgehead atoms. The van der Waals surface area contributed by atoms with Crippen LogP contribution in [0.5, 0.6) is 0 Å². The van der Waals surface area contributed by atoms with E-state index in [1.165, 1.54) is 0 Å². The van der Waals surface area contributed by atoms with E-state index < -0.39 is 0 Å². The number of hydrogen-bond donors (Lipinski definition) is 2. The van der Waals surface area contributed by atoms with E-state index in [1.54, 1.807) is 16.9 Å². The van der Waals surface area contributed by atoms with Crippen molar-refractivity contribution in [2.45, 2.75) is 13.3 Å². The van der Waals surface area contributed by atoms with Crippen molar-refractivity contribution in [3.05, 3.63) is 47.3 Å². The first-order chi connectivity index (χ1) is 9.04. The molecule has 0 atom stereocenters. The summed E-state index contributed by atoms with van der Waals surface area (Å²) in [6.07, 6.45) is 4.51. The SMILES string of the molecule is Cc1cc(N)cc(C(=O)NCCc2cnn(C)c2)c1. The number of hydrogen-bond acceptors (Lipinski definition) is 3. The van der Waals surface area contributed by atoms with E-state index in [9.17, 15) is 4.79 Å². The first-order valence-corrected chi connectivity index (χ1v) is 6.17. The fourth-order valence-electron chi connectivity index (χ4n) is 1.97. The number of aryl methyl sites for hydroxylation is 2. The molecule has 5 nitrogen and oxygen atoms in total. The number of amides is 1. The van der Waals surface area contributed by atoms with Gasteiger partial charge in [-0.15, -0.1) is 0 Å². The molecular formula is C14H18N4O. The maximum Gasteiger partial charge on any atom is 0.251 e. The third-order valence-electron chi connectivity index (χ3n) is 2.82. The van der Waals surface area contributed by atoms with E-state index >= 15 is 0 Å². The molecule has 1 aromatic heterocycles. The molecule has 0 saturated heterocycles. The Morgan fingerprint density at radius 2 is 2.21 bits per heavy atom. The number of nitrogens with two attached hydrogens (primary N) is 1. The van der Waals surface area contributed by atoms with Gasteiger partial charge >= 0.3 is 0 Å². The van der Waals surface area contributed by atoms with E-state index in [0.717, 1.165) is 17.5 Å². The first kappa shape index (κ1) is 13.1. The summed E-state index contributed by atoms with van der Waals surface area (Å²) < 4.78 is 1.75. The molecule has 0 unspecified atom stereocenters. The van der Waals surface area contributed by atoms with Crippen LogP contribution in [0.1, 0.15) is 21.5 Å². The number of nitrogens with zero attached hydrogens (tertiary/aromatic N) is 2. The lowest BCUT2D eigenvalue weighted by atomic mass is 10.1. The Bertz CT molecular complexity index is 569. The summed E-state index contributed by atoms with van der Waals surface area (Å²) in [7, 11) is 1.87. The lowest BCUT2D eigenvalue weighted by Gasteiger charge is -2.06. The molecule has 0 saturated carbocycles. The number of rotatable bonds is 4. The normalized spacial score (nSPS) is 10.4. The van der Waals surface area contributed by atoms with Crippen LogP contribution in [-0.2, 0) is 13.5 Å². The third kappa shape index (κ3) is 3.58. The highest BCUT2D eigenvalue weighted by Crippen LogP contribution is 2.11. The van der Waals surface area contributed by atoms with E-state index in [4.69, 9.17) is 5.73 Å². The lowest BCUT2D eigenvalue weighted by molar-refractivity contribution is 0.0954. The Labute approximate surface area is 112 Å². The molecule has 5 heteroatoms. The maximum absolute atomic E-state index is 12.0. The van der Waals surface area contributed by atoms with Gasteiger partial charge in [-0.25, -0.2) is 0 Å². The second kappa shape index (κ2) is 5.56. The summed E-state index contributed by atoms with van der Waals surface area (Å²) in [4.78, 5) is 12.0. The molecule has 1 heterocycles. The predicted molar refractivity (Wildman–Crippen MR) is 74.8 cm³/mol. The number of carbonyl (C=O) groups is 1. The molecule has 19 heavy (non-hydrogen) atoms. The molecule has 0 radical (unpaired) electrons. The van der Waals surface area contributed by atoms with Crippen molar-refractivity contribution >= 4 is 11.6 Å². The van der Waals surface area contributed by atoms with Gasteiger partial charge in [-0.05, 0) is 42.7 Å². The zero-order chi connectivity index (χ0) is 13.8. The zero-order valence-corrected chi connectivity index (χ0v) is 11.2. The molecule has 100 valence electrons. The second-order valence-corrected chi connectivity index (χ2v) is 4.66. The van der Waals surface area contributed by atoms with E-state index in [1.807, 2.05) is 32.3 Å². The first-order valence-electron chi connectivity index (χ1n) is 6.17. The smallest absolute Gasteiger partial charge is 0.251 e. The van der Waals surface area contributed by atoms with Crippen LogP contribution in [0.2, 0.25) is 0 Å². The van der Waals surface area contributed by atoms with Gasteiger partial charge in [-0.3, -0.25) is 9.48 Å². The monoisotopic (exact) mass is 258 g/mol. The van der Waals surface area contributed by atoms with Crippen LogP contribution < -0.4 is 11.1 Å². The zero-order valence-electron chi connectivity index (χ0n) is 11.2. The predicted octanol–water partition coefficient (Wildman–Crippen LogP) is 1.28. The molecule has 0 fully saturated rings. The van der Waals surface area contributed by atoms with Crippen LogP contribution in [0.25, 0.3) is 0 Å². The summed E-state index contributed by atoms with van der Waals surface area (Å²) >= 11 is 0. The third-order valence-corrected chi connectivity index (χ3v) is 2.82. The topological polar surface area (TPSA) is 72.9 Å². The Hall–Kier alpha value is -2.30. The molecule has 0 aliphatic rings. The fourth-order valence-corrected chi connectivity index (χ4v) is 1.97. The van der Waals surface area contributed by atoms with Crippen molar-refractivity contribution in [2.75, 3.05) is 12.3 Å². The Kier molecular flexibility index (Phi) is 3.85. The number of nitrogen functional groups attached to an aromatic ring is 1. The van der Waals surface area contributed by atoms with Gasteiger partial charge in [-0.2, -0.15) is 5.10 Å². The lowest BCUT2D eigenvalue weighted by Crippen LogP contribution is -2.25. The molecular weight excluding hydrogens is 240 g/mol. The fraction of sp³-hybridized carbons (Fsp3) is 0.286.